The van der Waals surface area contributed by atoms with Crippen molar-refractivity contribution >= 4 is 46.6 Å². The van der Waals surface area contributed by atoms with E-state index in [0.29, 0.717) is 10.7 Å². The lowest BCUT2D eigenvalue weighted by molar-refractivity contribution is -0.123. The van der Waals surface area contributed by atoms with Crippen LogP contribution in [0.2, 0.25) is 5.02 Å². The second kappa shape index (κ2) is 8.47. The quantitative estimate of drug-likeness (QED) is 0.823. The van der Waals surface area contributed by atoms with Gasteiger partial charge in [0.05, 0.1) is 18.8 Å². The molecular formula is C19H20ClN3O2S. The number of hydrogen-bond acceptors (Lipinski definition) is 4. The minimum absolute atomic E-state index is 0.0744. The molecule has 5 nitrogen and oxygen atoms in total. The number of benzene rings is 2. The highest BCUT2D eigenvalue weighted by atomic mass is 35.5. The SMILES string of the molecule is Cc1c(Cl)cccc1NC(=O)CNC(=O)CN1CCSc2ccccc21. The average Bonchev–Trinajstić information content (AvgIpc) is 2.64. The van der Waals surface area contributed by atoms with E-state index < -0.39 is 0 Å². The first kappa shape index (κ1) is 18.6. The largest absolute Gasteiger partial charge is 0.360 e. The number of rotatable bonds is 5. The van der Waals surface area contributed by atoms with Crippen LogP contribution in [-0.2, 0) is 9.59 Å². The Morgan fingerprint density at radius 2 is 1.96 bits per heavy atom. The number of thioether (sulfide) groups is 1. The maximum absolute atomic E-state index is 12.2. The lowest BCUT2D eigenvalue weighted by Crippen LogP contribution is -2.42. The molecule has 2 amide bonds. The van der Waals surface area contributed by atoms with E-state index in [0.717, 1.165) is 23.5 Å². The van der Waals surface area contributed by atoms with Crippen molar-refractivity contribution in [2.24, 2.45) is 0 Å². The van der Waals surface area contributed by atoms with Gasteiger partial charge < -0.3 is 15.5 Å². The number of para-hydroxylation sites is 1. The molecule has 2 aromatic rings. The van der Waals surface area contributed by atoms with Crippen LogP contribution in [-0.4, -0.2) is 37.2 Å². The van der Waals surface area contributed by atoms with E-state index in [1.165, 1.54) is 4.90 Å². The predicted octanol–water partition coefficient (Wildman–Crippen LogP) is 3.32. The standard InChI is InChI=1S/C19H20ClN3O2S/c1-13-14(20)5-4-6-15(13)22-18(24)11-21-19(25)12-23-9-10-26-17-8-3-2-7-16(17)23/h2-8H,9-12H2,1H3,(H,21,25)(H,22,24). The van der Waals surface area contributed by atoms with E-state index in [1.807, 2.05) is 30.0 Å². The van der Waals surface area contributed by atoms with Gasteiger partial charge in [-0.05, 0) is 36.8 Å². The van der Waals surface area contributed by atoms with Gasteiger partial charge >= 0.3 is 0 Å². The molecule has 1 aliphatic heterocycles. The highest BCUT2D eigenvalue weighted by Crippen LogP contribution is 2.33. The molecule has 0 saturated carbocycles. The third-order valence-corrected chi connectivity index (χ3v) is 5.60. The molecule has 0 spiro atoms. The summed E-state index contributed by atoms with van der Waals surface area (Å²) in [4.78, 5) is 27.5. The molecular weight excluding hydrogens is 370 g/mol. The fourth-order valence-electron chi connectivity index (χ4n) is 2.74. The number of hydrogen-bond donors (Lipinski definition) is 2. The van der Waals surface area contributed by atoms with Crippen LogP contribution < -0.4 is 15.5 Å². The van der Waals surface area contributed by atoms with E-state index in [9.17, 15) is 9.59 Å². The van der Waals surface area contributed by atoms with Crippen LogP contribution >= 0.6 is 23.4 Å². The molecule has 0 atom stereocenters. The van der Waals surface area contributed by atoms with Gasteiger partial charge in [-0.2, -0.15) is 0 Å². The molecule has 0 aliphatic carbocycles. The minimum Gasteiger partial charge on any atom is -0.360 e. The molecule has 0 radical (unpaired) electrons. The van der Waals surface area contributed by atoms with E-state index in [1.54, 1.807) is 30.0 Å². The van der Waals surface area contributed by atoms with E-state index in [4.69, 9.17) is 11.6 Å². The normalized spacial score (nSPS) is 13.1. The first-order chi connectivity index (χ1) is 12.5. The number of carbonyl (C=O) groups is 2. The Balaban J connectivity index is 1.52. The molecule has 136 valence electrons. The summed E-state index contributed by atoms with van der Waals surface area (Å²) in [5.41, 5.74) is 2.52. The highest BCUT2D eigenvalue weighted by molar-refractivity contribution is 7.99. The predicted molar refractivity (Wildman–Crippen MR) is 107 cm³/mol. The average molecular weight is 390 g/mol. The zero-order valence-corrected chi connectivity index (χ0v) is 16.0. The summed E-state index contributed by atoms with van der Waals surface area (Å²) in [5, 5.41) is 6.04. The number of halogens is 1. The molecule has 0 fully saturated rings. The second-order valence-electron chi connectivity index (χ2n) is 5.98. The Morgan fingerprint density at radius 3 is 2.81 bits per heavy atom. The summed E-state index contributed by atoms with van der Waals surface area (Å²) < 4.78 is 0. The number of fused-ring (bicyclic) bond motifs is 1. The molecule has 26 heavy (non-hydrogen) atoms. The van der Waals surface area contributed by atoms with Crippen LogP contribution in [0.3, 0.4) is 0 Å². The molecule has 0 saturated heterocycles. The van der Waals surface area contributed by atoms with Crippen LogP contribution in [0.15, 0.2) is 47.4 Å². The van der Waals surface area contributed by atoms with Crippen molar-refractivity contribution in [3.63, 3.8) is 0 Å². The fourth-order valence-corrected chi connectivity index (χ4v) is 3.96. The van der Waals surface area contributed by atoms with Crippen molar-refractivity contribution in [1.82, 2.24) is 5.32 Å². The summed E-state index contributed by atoms with van der Waals surface area (Å²) in [6.07, 6.45) is 0. The summed E-state index contributed by atoms with van der Waals surface area (Å²) >= 11 is 7.84. The third kappa shape index (κ3) is 4.51. The van der Waals surface area contributed by atoms with Gasteiger partial charge in [-0.15, -0.1) is 11.8 Å². The lowest BCUT2D eigenvalue weighted by atomic mass is 10.2. The summed E-state index contributed by atoms with van der Waals surface area (Å²) in [6, 6.07) is 13.4. The first-order valence-corrected chi connectivity index (χ1v) is 9.69. The van der Waals surface area contributed by atoms with Gasteiger partial charge in [0.25, 0.3) is 0 Å². The highest BCUT2D eigenvalue weighted by Gasteiger charge is 2.19. The molecule has 3 rings (SSSR count). The topological polar surface area (TPSA) is 61.4 Å². The lowest BCUT2D eigenvalue weighted by Gasteiger charge is -2.30. The van der Waals surface area contributed by atoms with Gasteiger partial charge in [0, 0.05) is 27.9 Å². The number of anilines is 2. The molecule has 7 heteroatoms. The summed E-state index contributed by atoms with van der Waals surface area (Å²) in [7, 11) is 0. The molecule has 0 bridgehead atoms. The van der Waals surface area contributed by atoms with Crippen molar-refractivity contribution in [2.75, 3.05) is 35.6 Å². The van der Waals surface area contributed by atoms with Gasteiger partial charge in [0.15, 0.2) is 0 Å². The summed E-state index contributed by atoms with van der Waals surface area (Å²) in [6.45, 7) is 2.81. The van der Waals surface area contributed by atoms with Crippen molar-refractivity contribution in [1.29, 1.82) is 0 Å². The Labute approximate surface area is 162 Å². The van der Waals surface area contributed by atoms with Crippen molar-refractivity contribution in [3.8, 4) is 0 Å². The Kier molecular flexibility index (Phi) is 6.06. The molecule has 0 unspecified atom stereocenters. The first-order valence-electron chi connectivity index (χ1n) is 8.33. The number of amides is 2. The molecule has 2 N–H and O–H groups in total. The van der Waals surface area contributed by atoms with Crippen LogP contribution in [0, 0.1) is 6.92 Å². The van der Waals surface area contributed by atoms with E-state index in [2.05, 4.69) is 16.7 Å². The monoisotopic (exact) mass is 389 g/mol. The minimum atomic E-state index is -0.279. The fraction of sp³-hybridized carbons (Fsp3) is 0.263. The Hall–Kier alpha value is -2.18. The number of carbonyl (C=O) groups excluding carboxylic acids is 2. The third-order valence-electron chi connectivity index (χ3n) is 4.15. The smallest absolute Gasteiger partial charge is 0.243 e. The van der Waals surface area contributed by atoms with Crippen molar-refractivity contribution in [3.05, 3.63) is 53.1 Å². The van der Waals surface area contributed by atoms with Crippen molar-refractivity contribution in [2.45, 2.75) is 11.8 Å². The zero-order valence-electron chi connectivity index (χ0n) is 14.4. The Bertz CT molecular complexity index is 828. The van der Waals surface area contributed by atoms with E-state index in [-0.39, 0.29) is 24.9 Å². The van der Waals surface area contributed by atoms with Gasteiger partial charge in [0.2, 0.25) is 11.8 Å². The molecule has 1 heterocycles. The zero-order chi connectivity index (χ0) is 18.5. The summed E-state index contributed by atoms with van der Waals surface area (Å²) in [5.74, 6) is 0.488. The molecule has 1 aliphatic rings. The van der Waals surface area contributed by atoms with Crippen LogP contribution in [0.1, 0.15) is 5.56 Å². The van der Waals surface area contributed by atoms with Crippen LogP contribution in [0.5, 0.6) is 0 Å². The maximum atomic E-state index is 12.2. The number of nitrogens with one attached hydrogen (secondary N) is 2. The van der Waals surface area contributed by atoms with Gasteiger partial charge in [-0.1, -0.05) is 29.8 Å². The van der Waals surface area contributed by atoms with Crippen molar-refractivity contribution < 1.29 is 9.59 Å². The maximum Gasteiger partial charge on any atom is 0.243 e. The number of nitrogens with zero attached hydrogens (tertiary/aromatic N) is 1. The second-order valence-corrected chi connectivity index (χ2v) is 7.52. The Morgan fingerprint density at radius 1 is 1.15 bits per heavy atom. The molecule has 0 aromatic heterocycles. The van der Waals surface area contributed by atoms with Crippen LogP contribution in [0.25, 0.3) is 0 Å². The van der Waals surface area contributed by atoms with Gasteiger partial charge in [-0.3, -0.25) is 9.59 Å². The van der Waals surface area contributed by atoms with Gasteiger partial charge in [-0.25, -0.2) is 0 Å². The van der Waals surface area contributed by atoms with Gasteiger partial charge in [0.1, 0.15) is 0 Å². The van der Waals surface area contributed by atoms with Crippen LogP contribution in [0.4, 0.5) is 11.4 Å². The molecule has 2 aromatic carbocycles. The van der Waals surface area contributed by atoms with E-state index >= 15 is 0 Å².